The SMILES string of the molecule is CCCCCCCCCCCCCCCCOc1ccccc1C=O. The summed E-state index contributed by atoms with van der Waals surface area (Å²) >= 11 is 0. The lowest BCUT2D eigenvalue weighted by molar-refractivity contribution is 0.111. The van der Waals surface area contributed by atoms with Gasteiger partial charge < -0.3 is 4.74 Å². The largest absolute Gasteiger partial charge is 0.493 e. The number of rotatable bonds is 17. The van der Waals surface area contributed by atoms with Gasteiger partial charge in [0.15, 0.2) is 6.29 Å². The summed E-state index contributed by atoms with van der Waals surface area (Å²) in [6.45, 7) is 2.99. The Kier molecular flexibility index (Phi) is 14.1. The van der Waals surface area contributed by atoms with E-state index in [0.29, 0.717) is 17.9 Å². The van der Waals surface area contributed by atoms with Crippen LogP contribution in [0, 0.1) is 0 Å². The van der Waals surface area contributed by atoms with E-state index in [1.807, 2.05) is 18.2 Å². The average Bonchev–Trinajstić information content (AvgIpc) is 2.65. The molecule has 0 N–H and O–H groups in total. The van der Waals surface area contributed by atoms with E-state index in [4.69, 9.17) is 4.74 Å². The van der Waals surface area contributed by atoms with Gasteiger partial charge in [-0.05, 0) is 18.6 Å². The zero-order valence-electron chi connectivity index (χ0n) is 16.3. The number of unbranched alkanes of at least 4 members (excludes halogenated alkanes) is 13. The minimum absolute atomic E-state index is 0.646. The normalized spacial score (nSPS) is 10.8. The monoisotopic (exact) mass is 346 g/mol. The number of hydrogen-bond donors (Lipinski definition) is 0. The molecule has 0 amide bonds. The second-order valence-electron chi connectivity index (χ2n) is 7.10. The molecule has 0 spiro atoms. The van der Waals surface area contributed by atoms with Gasteiger partial charge in [-0.2, -0.15) is 0 Å². The molecule has 0 fully saturated rings. The fourth-order valence-electron chi connectivity index (χ4n) is 3.19. The number of carbonyl (C=O) groups is 1. The van der Waals surface area contributed by atoms with E-state index < -0.39 is 0 Å². The predicted octanol–water partition coefficient (Wildman–Crippen LogP) is 7.36. The van der Waals surface area contributed by atoms with Crippen molar-refractivity contribution in [3.05, 3.63) is 29.8 Å². The van der Waals surface area contributed by atoms with Gasteiger partial charge in [-0.1, -0.05) is 103 Å². The van der Waals surface area contributed by atoms with Crippen LogP contribution >= 0.6 is 0 Å². The van der Waals surface area contributed by atoms with Crippen LogP contribution in [0.5, 0.6) is 5.75 Å². The van der Waals surface area contributed by atoms with Crippen LogP contribution in [0.4, 0.5) is 0 Å². The molecular formula is C23H38O2. The van der Waals surface area contributed by atoms with Gasteiger partial charge in [-0.25, -0.2) is 0 Å². The van der Waals surface area contributed by atoms with E-state index in [-0.39, 0.29) is 0 Å². The highest BCUT2D eigenvalue weighted by Crippen LogP contribution is 2.17. The summed E-state index contributed by atoms with van der Waals surface area (Å²) in [5.41, 5.74) is 0.646. The molecule has 0 aliphatic carbocycles. The molecular weight excluding hydrogens is 308 g/mol. The third-order valence-electron chi connectivity index (χ3n) is 4.80. The first-order valence-corrected chi connectivity index (χ1v) is 10.6. The van der Waals surface area contributed by atoms with Crippen LogP contribution in [0.3, 0.4) is 0 Å². The Bertz CT molecular complexity index is 428. The molecule has 25 heavy (non-hydrogen) atoms. The van der Waals surface area contributed by atoms with Crippen LogP contribution < -0.4 is 4.74 Å². The van der Waals surface area contributed by atoms with E-state index in [1.165, 1.54) is 83.5 Å². The Morgan fingerprint density at radius 2 is 1.20 bits per heavy atom. The lowest BCUT2D eigenvalue weighted by Crippen LogP contribution is -1.99. The Balaban J connectivity index is 1.82. The molecule has 0 aliphatic rings. The fourth-order valence-corrected chi connectivity index (χ4v) is 3.19. The number of ether oxygens (including phenoxy) is 1. The Morgan fingerprint density at radius 3 is 1.72 bits per heavy atom. The summed E-state index contributed by atoms with van der Waals surface area (Å²) in [7, 11) is 0. The Hall–Kier alpha value is -1.31. The average molecular weight is 347 g/mol. The lowest BCUT2D eigenvalue weighted by Gasteiger charge is -2.08. The summed E-state index contributed by atoms with van der Waals surface area (Å²) < 4.78 is 5.70. The van der Waals surface area contributed by atoms with E-state index in [9.17, 15) is 4.79 Å². The maximum atomic E-state index is 10.9. The molecule has 142 valence electrons. The number of aldehydes is 1. The van der Waals surface area contributed by atoms with Crippen molar-refractivity contribution in [2.24, 2.45) is 0 Å². The molecule has 2 nitrogen and oxygen atoms in total. The first kappa shape index (κ1) is 21.7. The van der Waals surface area contributed by atoms with Crippen LogP contribution in [0.15, 0.2) is 24.3 Å². The van der Waals surface area contributed by atoms with Crippen LogP contribution in [0.25, 0.3) is 0 Å². The van der Waals surface area contributed by atoms with Gasteiger partial charge in [0.05, 0.1) is 12.2 Å². The van der Waals surface area contributed by atoms with Crippen LogP contribution in [-0.4, -0.2) is 12.9 Å². The summed E-state index contributed by atoms with van der Waals surface area (Å²) in [4.78, 5) is 10.9. The minimum atomic E-state index is 0.646. The topological polar surface area (TPSA) is 26.3 Å². The third-order valence-corrected chi connectivity index (χ3v) is 4.80. The van der Waals surface area contributed by atoms with Crippen molar-refractivity contribution < 1.29 is 9.53 Å². The molecule has 0 aliphatic heterocycles. The van der Waals surface area contributed by atoms with Gasteiger partial charge in [0.2, 0.25) is 0 Å². The third kappa shape index (κ3) is 11.8. The van der Waals surface area contributed by atoms with Crippen LogP contribution in [-0.2, 0) is 0 Å². The number of para-hydroxylation sites is 1. The molecule has 1 aromatic rings. The quantitative estimate of drug-likeness (QED) is 0.217. The molecule has 0 aromatic heterocycles. The summed E-state index contributed by atoms with van der Waals surface area (Å²) in [5.74, 6) is 0.715. The van der Waals surface area contributed by atoms with E-state index in [1.54, 1.807) is 6.07 Å². The standard InChI is InChI=1S/C23H38O2/c1-2-3-4-5-6-7-8-9-10-11-12-13-14-17-20-25-23-19-16-15-18-22(23)21-24/h15-16,18-19,21H,2-14,17,20H2,1H3. The van der Waals surface area contributed by atoms with Gasteiger partial charge in [-0.15, -0.1) is 0 Å². The number of hydrogen-bond acceptors (Lipinski definition) is 2. The molecule has 0 bridgehead atoms. The summed E-state index contributed by atoms with van der Waals surface area (Å²) in [6, 6.07) is 7.44. The van der Waals surface area contributed by atoms with Crippen molar-refractivity contribution in [1.82, 2.24) is 0 Å². The second kappa shape index (κ2) is 16.2. The molecule has 0 saturated heterocycles. The van der Waals surface area contributed by atoms with Gasteiger partial charge in [0, 0.05) is 0 Å². The smallest absolute Gasteiger partial charge is 0.153 e. The van der Waals surface area contributed by atoms with E-state index >= 15 is 0 Å². The van der Waals surface area contributed by atoms with Gasteiger partial charge in [0.1, 0.15) is 5.75 Å². The Labute approximate surface area is 155 Å². The van der Waals surface area contributed by atoms with Crippen molar-refractivity contribution >= 4 is 6.29 Å². The van der Waals surface area contributed by atoms with Crippen molar-refractivity contribution in [2.45, 2.75) is 96.8 Å². The minimum Gasteiger partial charge on any atom is -0.493 e. The highest BCUT2D eigenvalue weighted by Gasteiger charge is 2.00. The first-order valence-electron chi connectivity index (χ1n) is 10.6. The van der Waals surface area contributed by atoms with Crippen LogP contribution in [0.2, 0.25) is 0 Å². The lowest BCUT2D eigenvalue weighted by atomic mass is 10.0. The first-order chi connectivity index (χ1) is 12.4. The number of benzene rings is 1. The van der Waals surface area contributed by atoms with E-state index in [0.717, 1.165) is 12.7 Å². The van der Waals surface area contributed by atoms with Crippen molar-refractivity contribution in [2.75, 3.05) is 6.61 Å². The van der Waals surface area contributed by atoms with Gasteiger partial charge in [-0.3, -0.25) is 4.79 Å². The highest BCUT2D eigenvalue weighted by molar-refractivity contribution is 5.79. The second-order valence-corrected chi connectivity index (χ2v) is 7.10. The number of carbonyl (C=O) groups excluding carboxylic acids is 1. The van der Waals surface area contributed by atoms with Crippen LogP contribution in [0.1, 0.15) is 107 Å². The maximum absolute atomic E-state index is 10.9. The maximum Gasteiger partial charge on any atom is 0.153 e. The molecule has 0 saturated carbocycles. The molecule has 0 heterocycles. The van der Waals surface area contributed by atoms with Gasteiger partial charge in [0.25, 0.3) is 0 Å². The molecule has 0 radical (unpaired) electrons. The van der Waals surface area contributed by atoms with Crippen molar-refractivity contribution in [3.8, 4) is 5.75 Å². The molecule has 0 unspecified atom stereocenters. The Morgan fingerprint density at radius 1 is 0.720 bits per heavy atom. The molecule has 2 heteroatoms. The molecule has 0 atom stereocenters. The summed E-state index contributed by atoms with van der Waals surface area (Å²) in [6.07, 6.45) is 19.9. The summed E-state index contributed by atoms with van der Waals surface area (Å²) in [5, 5.41) is 0. The molecule has 1 aromatic carbocycles. The van der Waals surface area contributed by atoms with Crippen molar-refractivity contribution in [3.63, 3.8) is 0 Å². The zero-order chi connectivity index (χ0) is 18.0. The van der Waals surface area contributed by atoms with Gasteiger partial charge >= 0.3 is 0 Å². The predicted molar refractivity (Wildman–Crippen MR) is 108 cm³/mol. The zero-order valence-corrected chi connectivity index (χ0v) is 16.3. The highest BCUT2D eigenvalue weighted by atomic mass is 16.5. The fraction of sp³-hybridized carbons (Fsp3) is 0.696. The molecule has 1 rings (SSSR count). The van der Waals surface area contributed by atoms with Crippen molar-refractivity contribution in [1.29, 1.82) is 0 Å². The van der Waals surface area contributed by atoms with E-state index in [2.05, 4.69) is 6.92 Å².